The van der Waals surface area contributed by atoms with Gasteiger partial charge in [0.25, 0.3) is 0 Å². The van der Waals surface area contributed by atoms with E-state index in [9.17, 15) is 9.59 Å². The molecular weight excluding hydrogens is 404 g/mol. The van der Waals surface area contributed by atoms with Crippen LogP contribution < -0.4 is 20.1 Å². The van der Waals surface area contributed by atoms with Crippen molar-refractivity contribution in [2.75, 3.05) is 23.8 Å². The van der Waals surface area contributed by atoms with Crippen LogP contribution in [0.2, 0.25) is 0 Å². The monoisotopic (exact) mass is 432 g/mol. The van der Waals surface area contributed by atoms with E-state index in [2.05, 4.69) is 10.6 Å². The molecule has 0 saturated heterocycles. The molecule has 2 N–H and O–H groups in total. The van der Waals surface area contributed by atoms with Crippen LogP contribution in [-0.4, -0.2) is 25.0 Å². The lowest BCUT2D eigenvalue weighted by molar-refractivity contribution is -0.116. The highest BCUT2D eigenvalue weighted by Gasteiger charge is 2.16. The smallest absolute Gasteiger partial charge is 0.228 e. The molecule has 0 aliphatic carbocycles. The van der Waals surface area contributed by atoms with Gasteiger partial charge in [0.05, 0.1) is 37.4 Å². The van der Waals surface area contributed by atoms with Crippen molar-refractivity contribution in [2.45, 2.75) is 26.7 Å². The van der Waals surface area contributed by atoms with Crippen molar-refractivity contribution < 1.29 is 19.1 Å². The summed E-state index contributed by atoms with van der Waals surface area (Å²) in [6, 6.07) is 22.4. The molecule has 2 amide bonds. The fourth-order valence-electron chi connectivity index (χ4n) is 3.26. The Morgan fingerprint density at radius 3 is 1.38 bits per heavy atom. The van der Waals surface area contributed by atoms with Crippen molar-refractivity contribution in [3.63, 3.8) is 0 Å². The Morgan fingerprint density at radius 1 is 0.656 bits per heavy atom. The van der Waals surface area contributed by atoms with Crippen molar-refractivity contribution >= 4 is 23.2 Å². The fraction of sp³-hybridized carbons (Fsp3) is 0.231. The molecule has 0 saturated carbocycles. The van der Waals surface area contributed by atoms with Crippen LogP contribution in [0.25, 0.3) is 0 Å². The number of nitrogens with one attached hydrogen (secondary N) is 2. The maximum absolute atomic E-state index is 12.6. The molecule has 0 aliphatic rings. The topological polar surface area (TPSA) is 76.7 Å². The molecule has 6 nitrogen and oxygen atoms in total. The Kier molecular flexibility index (Phi) is 8.26. The molecule has 0 unspecified atom stereocenters. The number of amides is 2. The summed E-state index contributed by atoms with van der Waals surface area (Å²) in [5.74, 6) is 0.598. The molecular formula is C26H28N2O4. The number of benzene rings is 3. The van der Waals surface area contributed by atoms with E-state index in [1.807, 2.05) is 74.5 Å². The van der Waals surface area contributed by atoms with E-state index in [1.165, 1.54) is 0 Å². The summed E-state index contributed by atoms with van der Waals surface area (Å²) >= 11 is 0. The van der Waals surface area contributed by atoms with Crippen LogP contribution in [0.4, 0.5) is 11.4 Å². The molecule has 0 bridgehead atoms. The van der Waals surface area contributed by atoms with Gasteiger partial charge in [-0.25, -0.2) is 0 Å². The number of rotatable bonds is 10. The third kappa shape index (κ3) is 6.60. The van der Waals surface area contributed by atoms with Gasteiger partial charge in [-0.1, -0.05) is 60.7 Å². The van der Waals surface area contributed by atoms with E-state index in [4.69, 9.17) is 9.47 Å². The molecule has 0 radical (unpaired) electrons. The van der Waals surface area contributed by atoms with Gasteiger partial charge in [0.1, 0.15) is 11.5 Å². The lowest BCUT2D eigenvalue weighted by Crippen LogP contribution is -2.17. The van der Waals surface area contributed by atoms with Gasteiger partial charge in [-0.05, 0) is 25.0 Å². The second-order valence-corrected chi connectivity index (χ2v) is 7.13. The minimum absolute atomic E-state index is 0.166. The molecule has 0 spiro atoms. The Labute approximate surface area is 188 Å². The van der Waals surface area contributed by atoms with Crippen LogP contribution in [0.3, 0.4) is 0 Å². The van der Waals surface area contributed by atoms with Crippen LogP contribution in [0.1, 0.15) is 25.0 Å². The lowest BCUT2D eigenvalue weighted by atomic mass is 10.1. The summed E-state index contributed by atoms with van der Waals surface area (Å²) in [4.78, 5) is 25.2. The summed E-state index contributed by atoms with van der Waals surface area (Å²) in [7, 11) is 0. The molecule has 3 aromatic carbocycles. The first-order chi connectivity index (χ1) is 15.6. The highest BCUT2D eigenvalue weighted by molar-refractivity contribution is 5.97. The second kappa shape index (κ2) is 11.6. The Hall–Kier alpha value is -3.80. The first kappa shape index (κ1) is 22.9. The SMILES string of the molecule is CCOc1cc(NC(=O)Cc2ccccc2)c(OCC)cc1NC(=O)Cc1ccccc1. The van der Waals surface area contributed by atoms with Crippen LogP contribution >= 0.6 is 0 Å². The number of carbonyl (C=O) groups is 2. The van der Waals surface area contributed by atoms with Gasteiger partial charge < -0.3 is 20.1 Å². The number of anilines is 2. The molecule has 6 heteroatoms. The Balaban J connectivity index is 1.80. The quantitative estimate of drug-likeness (QED) is 0.480. The standard InChI is InChI=1S/C26H28N2O4/c1-3-31-23-17-22(28-26(30)16-20-13-9-6-10-14-20)24(32-4-2)18-21(23)27-25(29)15-19-11-7-5-8-12-19/h5-14,17-18H,3-4,15-16H2,1-2H3,(H,27,29)(H,28,30). The first-order valence-corrected chi connectivity index (χ1v) is 10.7. The molecule has 3 aromatic rings. The molecule has 0 aliphatic heterocycles. The van der Waals surface area contributed by atoms with Crippen LogP contribution in [-0.2, 0) is 22.4 Å². The number of hydrogen-bond acceptors (Lipinski definition) is 4. The summed E-state index contributed by atoms with van der Waals surface area (Å²) in [6.07, 6.45) is 0.484. The third-order valence-electron chi connectivity index (χ3n) is 4.64. The van der Waals surface area contributed by atoms with Crippen LogP contribution in [0.5, 0.6) is 11.5 Å². The predicted molar refractivity (Wildman–Crippen MR) is 126 cm³/mol. The minimum Gasteiger partial charge on any atom is -0.492 e. The van der Waals surface area contributed by atoms with Crippen molar-refractivity contribution in [3.05, 3.63) is 83.9 Å². The molecule has 0 aromatic heterocycles. The second-order valence-electron chi connectivity index (χ2n) is 7.13. The predicted octanol–water partition coefficient (Wildman–Crippen LogP) is 4.85. The maximum atomic E-state index is 12.6. The zero-order valence-electron chi connectivity index (χ0n) is 18.4. The largest absolute Gasteiger partial charge is 0.492 e. The van der Waals surface area contributed by atoms with Gasteiger partial charge >= 0.3 is 0 Å². The normalized spacial score (nSPS) is 10.3. The molecule has 32 heavy (non-hydrogen) atoms. The van der Waals surface area contributed by atoms with Crippen LogP contribution in [0.15, 0.2) is 72.8 Å². The summed E-state index contributed by atoms with van der Waals surface area (Å²) in [5.41, 5.74) is 2.82. The zero-order chi connectivity index (χ0) is 22.8. The average molecular weight is 433 g/mol. The Bertz CT molecular complexity index is 951. The first-order valence-electron chi connectivity index (χ1n) is 10.7. The molecule has 3 rings (SSSR count). The number of carbonyl (C=O) groups excluding carboxylic acids is 2. The minimum atomic E-state index is -0.166. The zero-order valence-corrected chi connectivity index (χ0v) is 18.4. The van der Waals surface area contributed by atoms with Gasteiger partial charge in [0, 0.05) is 12.1 Å². The highest BCUT2D eigenvalue weighted by atomic mass is 16.5. The van der Waals surface area contributed by atoms with Crippen molar-refractivity contribution in [3.8, 4) is 11.5 Å². The van der Waals surface area contributed by atoms with Crippen molar-refractivity contribution in [1.29, 1.82) is 0 Å². The van der Waals surface area contributed by atoms with E-state index < -0.39 is 0 Å². The van der Waals surface area contributed by atoms with Gasteiger partial charge in [0.15, 0.2) is 0 Å². The van der Waals surface area contributed by atoms with Crippen molar-refractivity contribution in [1.82, 2.24) is 0 Å². The highest BCUT2D eigenvalue weighted by Crippen LogP contribution is 2.37. The molecule has 0 fully saturated rings. The lowest BCUT2D eigenvalue weighted by Gasteiger charge is -2.18. The van der Waals surface area contributed by atoms with Gasteiger partial charge in [-0.2, -0.15) is 0 Å². The van der Waals surface area contributed by atoms with Gasteiger partial charge in [0.2, 0.25) is 11.8 Å². The molecule has 0 heterocycles. The summed E-state index contributed by atoms with van der Waals surface area (Å²) in [6.45, 7) is 4.54. The molecule has 0 atom stereocenters. The van der Waals surface area contributed by atoms with Crippen LogP contribution in [0, 0.1) is 0 Å². The summed E-state index contributed by atoms with van der Waals surface area (Å²) in [5, 5.41) is 5.81. The number of ether oxygens (including phenoxy) is 2. The van der Waals surface area contributed by atoms with E-state index in [0.717, 1.165) is 11.1 Å². The van der Waals surface area contributed by atoms with Gasteiger partial charge in [-0.3, -0.25) is 9.59 Å². The fourth-order valence-corrected chi connectivity index (χ4v) is 3.26. The van der Waals surface area contributed by atoms with Gasteiger partial charge in [-0.15, -0.1) is 0 Å². The molecule has 166 valence electrons. The summed E-state index contributed by atoms with van der Waals surface area (Å²) < 4.78 is 11.5. The number of hydrogen-bond donors (Lipinski definition) is 2. The average Bonchev–Trinajstić information content (AvgIpc) is 2.78. The van der Waals surface area contributed by atoms with E-state index >= 15 is 0 Å². The maximum Gasteiger partial charge on any atom is 0.228 e. The van der Waals surface area contributed by atoms with E-state index in [1.54, 1.807) is 12.1 Å². The Morgan fingerprint density at radius 2 is 1.03 bits per heavy atom. The van der Waals surface area contributed by atoms with E-state index in [0.29, 0.717) is 36.1 Å². The van der Waals surface area contributed by atoms with Crippen molar-refractivity contribution in [2.24, 2.45) is 0 Å². The van der Waals surface area contributed by atoms with E-state index in [-0.39, 0.29) is 24.7 Å². The third-order valence-corrected chi connectivity index (χ3v) is 4.64.